The van der Waals surface area contributed by atoms with Crippen molar-refractivity contribution >= 4 is 17.8 Å². The van der Waals surface area contributed by atoms with Crippen molar-refractivity contribution in [3.05, 3.63) is 103 Å². The Morgan fingerprint density at radius 2 is 1.61 bits per heavy atom. The van der Waals surface area contributed by atoms with Crippen molar-refractivity contribution in [3.8, 4) is 11.5 Å². The van der Waals surface area contributed by atoms with E-state index >= 15 is 0 Å². The van der Waals surface area contributed by atoms with Gasteiger partial charge in [-0.05, 0) is 62.1 Å². The minimum atomic E-state index is -0.681. The van der Waals surface area contributed by atoms with Gasteiger partial charge in [0.2, 0.25) is 5.91 Å². The summed E-state index contributed by atoms with van der Waals surface area (Å²) in [5.74, 6) is -0.0868. The molecule has 0 radical (unpaired) electrons. The lowest BCUT2D eigenvalue weighted by Gasteiger charge is -2.22. The number of nitrogens with two attached hydrogens (primary N) is 1. The molecule has 1 unspecified atom stereocenters. The number of benzene rings is 2. The molecule has 6 heteroatoms. The lowest BCUT2D eigenvalue weighted by molar-refractivity contribution is -0.121. The molecule has 4 N–H and O–H groups in total. The molecule has 1 fully saturated rings. The van der Waals surface area contributed by atoms with E-state index in [-0.39, 0.29) is 22.7 Å². The van der Waals surface area contributed by atoms with Crippen LogP contribution in [0.1, 0.15) is 44.2 Å². The number of carbonyl (C=O) groups is 2. The van der Waals surface area contributed by atoms with Crippen LogP contribution in [-0.2, 0) is 19.7 Å². The van der Waals surface area contributed by atoms with E-state index in [1.165, 1.54) is 0 Å². The second kappa shape index (κ2) is 13.9. The van der Waals surface area contributed by atoms with E-state index in [9.17, 15) is 19.8 Å². The molecule has 1 aliphatic rings. The number of ether oxygens (including phenoxy) is 1. The molecule has 1 amide bonds. The van der Waals surface area contributed by atoms with Crippen molar-refractivity contribution in [1.82, 2.24) is 0 Å². The molecule has 190 valence electrons. The van der Waals surface area contributed by atoms with E-state index in [1.54, 1.807) is 24.3 Å². The highest BCUT2D eigenvalue weighted by Gasteiger charge is 2.48. The summed E-state index contributed by atoms with van der Waals surface area (Å²) in [5.41, 5.74) is 6.75. The molecule has 2 aromatic rings. The highest BCUT2D eigenvalue weighted by atomic mass is 16.6. The zero-order valence-corrected chi connectivity index (χ0v) is 20.8. The molecule has 1 heterocycles. The summed E-state index contributed by atoms with van der Waals surface area (Å²) in [7, 11) is 0. The molecular weight excluding hydrogens is 454 g/mol. The van der Waals surface area contributed by atoms with Crippen LogP contribution in [0.2, 0.25) is 0 Å². The Bertz CT molecular complexity index is 1100. The number of phenolic OH excluding ortho intramolecular Hbond substituents is 2. The summed E-state index contributed by atoms with van der Waals surface area (Å²) in [6, 6.07) is 14.1. The van der Waals surface area contributed by atoms with Crippen molar-refractivity contribution in [1.29, 1.82) is 0 Å². The largest absolute Gasteiger partial charge is 0.508 e. The van der Waals surface area contributed by atoms with Crippen LogP contribution in [0.3, 0.4) is 0 Å². The van der Waals surface area contributed by atoms with Gasteiger partial charge < -0.3 is 20.7 Å². The van der Waals surface area contributed by atoms with Crippen molar-refractivity contribution < 1.29 is 24.5 Å². The second-order valence-corrected chi connectivity index (χ2v) is 8.62. The quantitative estimate of drug-likeness (QED) is 0.290. The molecular formula is C30H35NO5. The Hall–Kier alpha value is -3.90. The molecule has 0 saturated carbocycles. The molecule has 1 saturated heterocycles. The van der Waals surface area contributed by atoms with Gasteiger partial charge >= 0.3 is 0 Å². The monoisotopic (exact) mass is 489 g/mol. The Morgan fingerprint density at radius 3 is 2.14 bits per heavy atom. The van der Waals surface area contributed by atoms with Crippen LogP contribution in [0.25, 0.3) is 6.08 Å². The number of rotatable bonds is 11. The van der Waals surface area contributed by atoms with Gasteiger partial charge in [0.05, 0.1) is 0 Å². The predicted octanol–water partition coefficient (Wildman–Crippen LogP) is 5.37. The number of ketones is 1. The van der Waals surface area contributed by atoms with E-state index in [0.29, 0.717) is 12.8 Å². The zero-order chi connectivity index (χ0) is 26.6. The standard InChI is InChI=1S/C18H18O2.C12H17NO3/c1-3-18(2,15-6-10-17(20)11-7-15)13-12-14-4-8-16(19)9-5-14;1-2-3-4-5-6-7-8-9(14)10-11(16-10)12(13)15/h3-13,19-20H,1H2,2H3;2-3,5-6,10-11H,4,7-8H2,1H3,(H2,13,15)/b13-12-;3-2+,6-5+/t;10-,11-/m.1/s1. The first-order chi connectivity index (χ1) is 17.2. The lowest BCUT2D eigenvalue weighted by atomic mass is 9.82. The maximum absolute atomic E-state index is 11.4. The molecule has 2 aromatic carbocycles. The highest BCUT2D eigenvalue weighted by Crippen LogP contribution is 2.29. The van der Waals surface area contributed by atoms with Gasteiger partial charge in [-0.3, -0.25) is 9.59 Å². The Morgan fingerprint density at radius 1 is 1.00 bits per heavy atom. The third-order valence-corrected chi connectivity index (χ3v) is 5.75. The van der Waals surface area contributed by atoms with Gasteiger partial charge in [0, 0.05) is 11.8 Å². The van der Waals surface area contributed by atoms with Crippen LogP contribution in [0.5, 0.6) is 11.5 Å². The van der Waals surface area contributed by atoms with Gasteiger partial charge in [-0.15, -0.1) is 6.58 Å². The van der Waals surface area contributed by atoms with Gasteiger partial charge in [-0.1, -0.05) is 66.8 Å². The molecule has 1 aliphatic heterocycles. The summed E-state index contributed by atoms with van der Waals surface area (Å²) in [5, 5.41) is 18.6. The topological polar surface area (TPSA) is 113 Å². The summed E-state index contributed by atoms with van der Waals surface area (Å²) < 4.78 is 4.88. The first kappa shape index (κ1) is 28.3. The van der Waals surface area contributed by atoms with Crippen LogP contribution >= 0.6 is 0 Å². The van der Waals surface area contributed by atoms with E-state index in [0.717, 1.165) is 17.5 Å². The summed E-state index contributed by atoms with van der Waals surface area (Å²) >= 11 is 0. The maximum Gasteiger partial charge on any atom is 0.249 e. The molecule has 3 atom stereocenters. The first-order valence-corrected chi connectivity index (χ1v) is 11.8. The number of allylic oxidation sites excluding steroid dienone is 6. The number of hydrogen-bond acceptors (Lipinski definition) is 5. The minimum absolute atomic E-state index is 0.0421. The van der Waals surface area contributed by atoms with E-state index < -0.39 is 18.1 Å². The fraction of sp³-hybridized carbons (Fsp3) is 0.267. The van der Waals surface area contributed by atoms with Crippen LogP contribution in [0.15, 0.2) is 91.6 Å². The van der Waals surface area contributed by atoms with Crippen molar-refractivity contribution in [2.45, 2.75) is 50.7 Å². The van der Waals surface area contributed by atoms with E-state index in [4.69, 9.17) is 10.5 Å². The Labute approximate surface area is 213 Å². The van der Waals surface area contributed by atoms with Crippen molar-refractivity contribution in [2.75, 3.05) is 0 Å². The molecule has 0 aliphatic carbocycles. The molecule has 36 heavy (non-hydrogen) atoms. The highest BCUT2D eigenvalue weighted by molar-refractivity contribution is 5.95. The lowest BCUT2D eigenvalue weighted by Crippen LogP contribution is -2.22. The summed E-state index contributed by atoms with van der Waals surface area (Å²) in [6.45, 7) is 7.93. The Kier molecular flexibility index (Phi) is 10.9. The molecule has 0 bridgehead atoms. The van der Waals surface area contributed by atoms with Gasteiger partial charge in [0.1, 0.15) is 11.5 Å². The molecule has 0 spiro atoms. The fourth-order valence-corrected chi connectivity index (χ4v) is 3.33. The number of phenols is 2. The number of amides is 1. The van der Waals surface area contributed by atoms with Gasteiger partial charge in [0.15, 0.2) is 18.0 Å². The Balaban J connectivity index is 0.000000261. The predicted molar refractivity (Wildman–Crippen MR) is 143 cm³/mol. The van der Waals surface area contributed by atoms with Gasteiger partial charge in [-0.2, -0.15) is 0 Å². The van der Waals surface area contributed by atoms with E-state index in [2.05, 4.69) is 19.6 Å². The number of Topliss-reactive ketones (excluding diaryl/α,β-unsaturated/α-hetero) is 1. The third-order valence-electron chi connectivity index (χ3n) is 5.75. The number of primary amides is 1. The number of epoxide rings is 1. The van der Waals surface area contributed by atoms with Crippen LogP contribution in [0, 0.1) is 0 Å². The zero-order valence-electron chi connectivity index (χ0n) is 20.8. The van der Waals surface area contributed by atoms with Gasteiger partial charge in [-0.25, -0.2) is 0 Å². The van der Waals surface area contributed by atoms with Crippen LogP contribution < -0.4 is 5.73 Å². The summed E-state index contributed by atoms with van der Waals surface area (Å²) in [6.07, 6.45) is 14.6. The molecule has 6 nitrogen and oxygen atoms in total. The molecule has 0 aromatic heterocycles. The number of hydrogen-bond donors (Lipinski definition) is 3. The first-order valence-electron chi connectivity index (χ1n) is 11.8. The maximum atomic E-state index is 11.4. The normalized spacial score (nSPS) is 18.5. The fourth-order valence-electron chi connectivity index (χ4n) is 3.33. The second-order valence-electron chi connectivity index (χ2n) is 8.62. The van der Waals surface area contributed by atoms with Crippen molar-refractivity contribution in [3.63, 3.8) is 0 Å². The smallest absolute Gasteiger partial charge is 0.249 e. The summed E-state index contributed by atoms with van der Waals surface area (Å²) in [4.78, 5) is 22.1. The SMILES string of the molecule is C/C=C/C/C=C/CCC(=O)[C@H]1O[C@H]1C(N)=O.C=CC(C)(/C=C\c1ccc(O)cc1)c1ccc(O)cc1. The minimum Gasteiger partial charge on any atom is -0.508 e. The number of aromatic hydroxyl groups is 2. The third kappa shape index (κ3) is 9.04. The van der Waals surface area contributed by atoms with Gasteiger partial charge in [0.25, 0.3) is 0 Å². The van der Waals surface area contributed by atoms with Crippen LogP contribution in [0.4, 0.5) is 0 Å². The van der Waals surface area contributed by atoms with E-state index in [1.807, 2.05) is 67.6 Å². The average molecular weight is 490 g/mol. The van der Waals surface area contributed by atoms with Crippen LogP contribution in [-0.4, -0.2) is 34.1 Å². The van der Waals surface area contributed by atoms with Crippen molar-refractivity contribution in [2.24, 2.45) is 5.73 Å². The number of carbonyl (C=O) groups excluding carboxylic acids is 2. The molecule has 3 rings (SSSR count). The average Bonchev–Trinajstić information content (AvgIpc) is 3.68.